The molecule has 124 valence electrons. The molecule has 0 saturated carbocycles. The molecule has 0 bridgehead atoms. The van der Waals surface area contributed by atoms with Crippen molar-refractivity contribution >= 4 is 11.6 Å². The van der Waals surface area contributed by atoms with Gasteiger partial charge in [0.1, 0.15) is 5.56 Å². The molecule has 0 unspecified atom stereocenters. The van der Waals surface area contributed by atoms with Gasteiger partial charge in [0.15, 0.2) is 11.5 Å². The normalized spacial score (nSPS) is 18.2. The zero-order valence-corrected chi connectivity index (χ0v) is 13.6. The van der Waals surface area contributed by atoms with Gasteiger partial charge in [0.25, 0.3) is 5.91 Å². The van der Waals surface area contributed by atoms with Crippen LogP contribution in [0, 0.1) is 13.8 Å². The molecule has 1 aliphatic rings. The van der Waals surface area contributed by atoms with E-state index in [1.165, 1.54) is 0 Å². The Morgan fingerprint density at radius 2 is 2.25 bits per heavy atom. The Balaban J connectivity index is 1.62. The average molecular weight is 326 g/mol. The maximum absolute atomic E-state index is 13.0. The first kappa shape index (κ1) is 14.8. The quantitative estimate of drug-likeness (QED) is 0.713. The highest BCUT2D eigenvalue weighted by Crippen LogP contribution is 2.27. The molecule has 3 aromatic heterocycles. The number of rotatable bonds is 2. The molecule has 3 aromatic rings. The summed E-state index contributed by atoms with van der Waals surface area (Å²) in [5.41, 5.74) is 1.86. The van der Waals surface area contributed by atoms with Crippen LogP contribution in [0.3, 0.4) is 0 Å². The SMILES string of the molecule is Cc1nc([C@@H]2CCCN(C(=O)c3c(C)nn4cccnc34)C2)no1. The Morgan fingerprint density at radius 1 is 1.38 bits per heavy atom. The Bertz CT molecular complexity index is 899. The zero-order chi connectivity index (χ0) is 16.7. The van der Waals surface area contributed by atoms with E-state index >= 15 is 0 Å². The molecule has 4 rings (SSSR count). The topological polar surface area (TPSA) is 89.4 Å². The lowest BCUT2D eigenvalue weighted by molar-refractivity contribution is 0.0704. The molecule has 1 amide bonds. The van der Waals surface area contributed by atoms with E-state index in [4.69, 9.17) is 4.52 Å². The fourth-order valence-corrected chi connectivity index (χ4v) is 3.26. The number of aromatic nitrogens is 5. The van der Waals surface area contributed by atoms with Crippen molar-refractivity contribution in [3.8, 4) is 0 Å². The Morgan fingerprint density at radius 3 is 3.04 bits per heavy atom. The number of amides is 1. The number of hydrogen-bond acceptors (Lipinski definition) is 6. The van der Waals surface area contributed by atoms with Gasteiger partial charge in [-0.3, -0.25) is 4.79 Å². The number of aryl methyl sites for hydroxylation is 2. The van der Waals surface area contributed by atoms with Gasteiger partial charge in [0.05, 0.1) is 5.69 Å². The van der Waals surface area contributed by atoms with Crippen molar-refractivity contribution < 1.29 is 9.32 Å². The minimum absolute atomic E-state index is 0.0360. The van der Waals surface area contributed by atoms with Gasteiger partial charge < -0.3 is 9.42 Å². The van der Waals surface area contributed by atoms with Crippen LogP contribution in [-0.4, -0.2) is 48.6 Å². The van der Waals surface area contributed by atoms with Crippen molar-refractivity contribution in [3.63, 3.8) is 0 Å². The first-order chi connectivity index (χ1) is 11.6. The number of carbonyl (C=O) groups excluding carboxylic acids is 1. The summed E-state index contributed by atoms with van der Waals surface area (Å²) in [4.78, 5) is 23.5. The minimum atomic E-state index is -0.0360. The average Bonchev–Trinajstić information content (AvgIpc) is 3.17. The molecule has 1 fully saturated rings. The Kier molecular flexibility index (Phi) is 3.51. The highest BCUT2D eigenvalue weighted by Gasteiger charge is 2.30. The van der Waals surface area contributed by atoms with Crippen LogP contribution in [0.5, 0.6) is 0 Å². The van der Waals surface area contributed by atoms with E-state index in [1.807, 2.05) is 11.8 Å². The van der Waals surface area contributed by atoms with Gasteiger partial charge in [-0.1, -0.05) is 5.16 Å². The zero-order valence-electron chi connectivity index (χ0n) is 13.6. The number of fused-ring (bicyclic) bond motifs is 1. The van der Waals surface area contributed by atoms with Crippen molar-refractivity contribution in [2.45, 2.75) is 32.6 Å². The third kappa shape index (κ3) is 2.44. The van der Waals surface area contributed by atoms with Crippen LogP contribution >= 0.6 is 0 Å². The molecule has 1 atom stereocenters. The molecule has 0 radical (unpaired) electrons. The standard InChI is InChI=1S/C16H18N6O2/c1-10-13(15-17-6-4-8-22(15)19-10)16(23)21-7-3-5-12(9-21)14-18-11(2)24-20-14/h4,6,8,12H,3,5,7,9H2,1-2H3/t12-/m1/s1. The van der Waals surface area contributed by atoms with Crippen LogP contribution in [-0.2, 0) is 0 Å². The molecule has 0 spiro atoms. The van der Waals surface area contributed by atoms with Crippen molar-refractivity contribution in [2.75, 3.05) is 13.1 Å². The van der Waals surface area contributed by atoms with Crippen LogP contribution in [0.2, 0.25) is 0 Å². The van der Waals surface area contributed by atoms with E-state index in [0.29, 0.717) is 35.2 Å². The van der Waals surface area contributed by atoms with Gasteiger partial charge in [0, 0.05) is 38.3 Å². The molecular weight excluding hydrogens is 308 g/mol. The van der Waals surface area contributed by atoms with Crippen LogP contribution in [0.15, 0.2) is 23.0 Å². The summed E-state index contributed by atoms with van der Waals surface area (Å²) in [5, 5.41) is 8.39. The summed E-state index contributed by atoms with van der Waals surface area (Å²) in [6.07, 6.45) is 5.34. The third-order valence-corrected chi connectivity index (χ3v) is 4.40. The number of likely N-dealkylation sites (tertiary alicyclic amines) is 1. The summed E-state index contributed by atoms with van der Waals surface area (Å²) in [6.45, 7) is 4.92. The molecule has 8 nitrogen and oxygen atoms in total. The predicted molar refractivity (Wildman–Crippen MR) is 84.6 cm³/mol. The van der Waals surface area contributed by atoms with Crippen LogP contribution in [0.1, 0.15) is 46.5 Å². The third-order valence-electron chi connectivity index (χ3n) is 4.40. The second-order valence-corrected chi connectivity index (χ2v) is 6.11. The van der Waals surface area contributed by atoms with Gasteiger partial charge in [-0.05, 0) is 25.8 Å². The van der Waals surface area contributed by atoms with Gasteiger partial charge >= 0.3 is 0 Å². The van der Waals surface area contributed by atoms with Crippen LogP contribution in [0.4, 0.5) is 0 Å². The van der Waals surface area contributed by atoms with Gasteiger partial charge in [-0.15, -0.1) is 0 Å². The summed E-state index contributed by atoms with van der Waals surface area (Å²) in [5.74, 6) is 1.30. The number of carbonyl (C=O) groups is 1. The van der Waals surface area contributed by atoms with Gasteiger partial charge in [-0.25, -0.2) is 9.50 Å². The fourth-order valence-electron chi connectivity index (χ4n) is 3.26. The number of hydrogen-bond donors (Lipinski definition) is 0. The summed E-state index contributed by atoms with van der Waals surface area (Å²) < 4.78 is 6.72. The van der Waals surface area contributed by atoms with Crippen LogP contribution < -0.4 is 0 Å². The first-order valence-electron chi connectivity index (χ1n) is 8.03. The predicted octanol–water partition coefficient (Wildman–Crippen LogP) is 1.75. The maximum atomic E-state index is 13.0. The number of piperidine rings is 1. The largest absolute Gasteiger partial charge is 0.340 e. The monoisotopic (exact) mass is 326 g/mol. The van der Waals surface area contributed by atoms with Crippen molar-refractivity contribution in [3.05, 3.63) is 41.4 Å². The summed E-state index contributed by atoms with van der Waals surface area (Å²) >= 11 is 0. The van der Waals surface area contributed by atoms with E-state index in [9.17, 15) is 4.79 Å². The van der Waals surface area contributed by atoms with Crippen molar-refractivity contribution in [1.82, 2.24) is 29.6 Å². The molecule has 4 heterocycles. The molecule has 1 saturated heterocycles. The lowest BCUT2D eigenvalue weighted by Crippen LogP contribution is -2.39. The molecule has 0 aromatic carbocycles. The minimum Gasteiger partial charge on any atom is -0.340 e. The first-order valence-corrected chi connectivity index (χ1v) is 8.03. The highest BCUT2D eigenvalue weighted by atomic mass is 16.5. The molecule has 1 aliphatic heterocycles. The second kappa shape index (κ2) is 5.70. The lowest BCUT2D eigenvalue weighted by Gasteiger charge is -2.31. The van der Waals surface area contributed by atoms with E-state index in [2.05, 4.69) is 20.2 Å². The molecular formula is C16H18N6O2. The summed E-state index contributed by atoms with van der Waals surface area (Å²) in [7, 11) is 0. The number of nitrogens with zero attached hydrogens (tertiary/aromatic N) is 6. The summed E-state index contributed by atoms with van der Waals surface area (Å²) in [6, 6.07) is 1.79. The maximum Gasteiger partial charge on any atom is 0.259 e. The van der Waals surface area contributed by atoms with E-state index in [0.717, 1.165) is 19.4 Å². The smallest absolute Gasteiger partial charge is 0.259 e. The van der Waals surface area contributed by atoms with E-state index in [-0.39, 0.29) is 11.8 Å². The molecule has 8 heteroatoms. The second-order valence-electron chi connectivity index (χ2n) is 6.11. The molecule has 0 aliphatic carbocycles. The molecule has 24 heavy (non-hydrogen) atoms. The van der Waals surface area contributed by atoms with E-state index < -0.39 is 0 Å². The Labute approximate surface area is 138 Å². The molecule has 0 N–H and O–H groups in total. The van der Waals surface area contributed by atoms with E-state index in [1.54, 1.807) is 29.9 Å². The van der Waals surface area contributed by atoms with Crippen molar-refractivity contribution in [1.29, 1.82) is 0 Å². The van der Waals surface area contributed by atoms with Gasteiger partial charge in [-0.2, -0.15) is 10.1 Å². The van der Waals surface area contributed by atoms with Crippen LogP contribution in [0.25, 0.3) is 5.65 Å². The fraction of sp³-hybridized carbons (Fsp3) is 0.438. The van der Waals surface area contributed by atoms with Gasteiger partial charge in [0.2, 0.25) is 5.89 Å². The Hall–Kier alpha value is -2.77. The van der Waals surface area contributed by atoms with Crippen molar-refractivity contribution in [2.24, 2.45) is 0 Å². The highest BCUT2D eigenvalue weighted by molar-refractivity contribution is 6.01. The lowest BCUT2D eigenvalue weighted by atomic mass is 9.96.